The van der Waals surface area contributed by atoms with Gasteiger partial charge in [-0.2, -0.15) is 0 Å². The highest BCUT2D eigenvalue weighted by molar-refractivity contribution is 7.98. The summed E-state index contributed by atoms with van der Waals surface area (Å²) in [6, 6.07) is 5.83. The Morgan fingerprint density at radius 3 is 2.85 bits per heavy atom. The smallest absolute Gasteiger partial charge is 0.129 e. The van der Waals surface area contributed by atoms with Crippen molar-refractivity contribution in [2.45, 2.75) is 24.2 Å². The Balaban J connectivity index is 2.25. The van der Waals surface area contributed by atoms with E-state index in [2.05, 4.69) is 6.07 Å². The van der Waals surface area contributed by atoms with Gasteiger partial charge in [0.25, 0.3) is 0 Å². The fourth-order valence-electron chi connectivity index (χ4n) is 1.60. The van der Waals surface area contributed by atoms with Crippen LogP contribution in [0.5, 0.6) is 5.75 Å². The van der Waals surface area contributed by atoms with Crippen LogP contribution in [-0.4, -0.2) is 11.4 Å². The highest BCUT2D eigenvalue weighted by atomic mass is 32.2. The van der Waals surface area contributed by atoms with E-state index < -0.39 is 0 Å². The van der Waals surface area contributed by atoms with Crippen LogP contribution in [0.2, 0.25) is 0 Å². The van der Waals surface area contributed by atoms with E-state index in [4.69, 9.17) is 0 Å². The standard InChI is InChI=1S/C11H14OS/c1-13-11-9(7-8-5-6-8)3-2-4-10(11)12/h2-4,8,12H,5-7H2,1H3. The Bertz CT molecular complexity index is 305. The zero-order valence-corrected chi connectivity index (χ0v) is 8.60. The van der Waals surface area contributed by atoms with Gasteiger partial charge in [-0.25, -0.2) is 0 Å². The normalized spacial score (nSPS) is 16.1. The van der Waals surface area contributed by atoms with Crippen molar-refractivity contribution in [1.29, 1.82) is 0 Å². The topological polar surface area (TPSA) is 20.2 Å². The molecule has 1 aromatic rings. The zero-order chi connectivity index (χ0) is 9.26. The van der Waals surface area contributed by atoms with Gasteiger partial charge in [-0.1, -0.05) is 12.1 Å². The second-order valence-electron chi connectivity index (χ2n) is 3.62. The highest BCUT2D eigenvalue weighted by Gasteiger charge is 2.23. The van der Waals surface area contributed by atoms with Crippen molar-refractivity contribution in [2.75, 3.05) is 6.26 Å². The molecule has 0 unspecified atom stereocenters. The summed E-state index contributed by atoms with van der Waals surface area (Å²) in [5.41, 5.74) is 1.31. The molecular weight excluding hydrogens is 180 g/mol. The lowest BCUT2D eigenvalue weighted by atomic mass is 10.1. The van der Waals surface area contributed by atoms with Crippen LogP contribution in [0.4, 0.5) is 0 Å². The summed E-state index contributed by atoms with van der Waals surface area (Å²) < 4.78 is 0. The number of hydrogen-bond donors (Lipinski definition) is 1. The molecule has 0 aromatic heterocycles. The molecule has 1 nitrogen and oxygen atoms in total. The van der Waals surface area contributed by atoms with E-state index in [1.165, 1.54) is 18.4 Å². The number of phenolic OH excluding ortho intramolecular Hbond substituents is 1. The predicted molar refractivity (Wildman–Crippen MR) is 56.3 cm³/mol. The van der Waals surface area contributed by atoms with Gasteiger partial charge in [0.15, 0.2) is 0 Å². The molecule has 1 saturated carbocycles. The molecule has 0 bridgehead atoms. The summed E-state index contributed by atoms with van der Waals surface area (Å²) in [6.07, 6.45) is 5.89. The molecule has 1 N–H and O–H groups in total. The number of rotatable bonds is 3. The minimum absolute atomic E-state index is 0.436. The molecule has 0 spiro atoms. The molecular formula is C11H14OS. The molecule has 0 saturated heterocycles. The molecule has 1 fully saturated rings. The van der Waals surface area contributed by atoms with Crippen molar-refractivity contribution in [3.8, 4) is 5.75 Å². The molecule has 1 aromatic carbocycles. The van der Waals surface area contributed by atoms with Crippen LogP contribution >= 0.6 is 11.8 Å². The average molecular weight is 194 g/mol. The Morgan fingerprint density at radius 2 is 2.23 bits per heavy atom. The first kappa shape index (κ1) is 8.95. The van der Waals surface area contributed by atoms with Crippen LogP contribution in [0.25, 0.3) is 0 Å². The summed E-state index contributed by atoms with van der Waals surface area (Å²) in [7, 11) is 0. The lowest BCUT2D eigenvalue weighted by molar-refractivity contribution is 0.460. The van der Waals surface area contributed by atoms with E-state index in [0.717, 1.165) is 17.2 Å². The molecule has 2 heteroatoms. The van der Waals surface area contributed by atoms with Crippen LogP contribution < -0.4 is 0 Å². The van der Waals surface area contributed by atoms with Crippen molar-refractivity contribution in [3.05, 3.63) is 23.8 Å². The first-order valence-corrected chi connectivity index (χ1v) is 5.88. The van der Waals surface area contributed by atoms with Gasteiger partial charge in [-0.05, 0) is 43.1 Å². The fourth-order valence-corrected chi connectivity index (χ4v) is 2.29. The SMILES string of the molecule is CSc1c(O)cccc1CC1CC1. The summed E-state index contributed by atoms with van der Waals surface area (Å²) in [4.78, 5) is 1.06. The Morgan fingerprint density at radius 1 is 1.46 bits per heavy atom. The van der Waals surface area contributed by atoms with Crippen molar-refractivity contribution in [1.82, 2.24) is 0 Å². The molecule has 0 heterocycles. The molecule has 0 aliphatic heterocycles. The second-order valence-corrected chi connectivity index (χ2v) is 4.43. The third kappa shape index (κ3) is 1.99. The minimum atomic E-state index is 0.436. The summed E-state index contributed by atoms with van der Waals surface area (Å²) in [6.45, 7) is 0. The Labute approximate surface area is 83.2 Å². The molecule has 70 valence electrons. The fraction of sp³-hybridized carbons (Fsp3) is 0.455. The van der Waals surface area contributed by atoms with Gasteiger partial charge < -0.3 is 5.11 Å². The van der Waals surface area contributed by atoms with Crippen molar-refractivity contribution in [2.24, 2.45) is 5.92 Å². The molecule has 0 amide bonds. The van der Waals surface area contributed by atoms with Gasteiger partial charge in [-0.15, -0.1) is 11.8 Å². The number of hydrogen-bond acceptors (Lipinski definition) is 2. The van der Waals surface area contributed by atoms with Crippen molar-refractivity contribution < 1.29 is 5.11 Å². The highest BCUT2D eigenvalue weighted by Crippen LogP contribution is 2.37. The van der Waals surface area contributed by atoms with Gasteiger partial charge in [0, 0.05) is 0 Å². The van der Waals surface area contributed by atoms with E-state index in [-0.39, 0.29) is 0 Å². The minimum Gasteiger partial charge on any atom is -0.507 e. The lowest BCUT2D eigenvalue weighted by Crippen LogP contribution is -1.90. The first-order chi connectivity index (χ1) is 6.31. The number of benzene rings is 1. The van der Waals surface area contributed by atoms with Gasteiger partial charge in [0.1, 0.15) is 5.75 Å². The molecule has 0 radical (unpaired) electrons. The Kier molecular flexibility index (Phi) is 2.49. The maximum Gasteiger partial charge on any atom is 0.129 e. The zero-order valence-electron chi connectivity index (χ0n) is 7.79. The number of phenols is 1. The van der Waals surface area contributed by atoms with E-state index in [1.807, 2.05) is 12.3 Å². The molecule has 2 rings (SSSR count). The second kappa shape index (κ2) is 3.62. The monoisotopic (exact) mass is 194 g/mol. The molecule has 0 atom stereocenters. The molecule has 1 aliphatic carbocycles. The third-order valence-electron chi connectivity index (χ3n) is 2.49. The van der Waals surface area contributed by atoms with Crippen LogP contribution in [0.1, 0.15) is 18.4 Å². The lowest BCUT2D eigenvalue weighted by Gasteiger charge is -2.07. The van der Waals surface area contributed by atoms with Gasteiger partial charge in [0.05, 0.1) is 4.90 Å². The summed E-state index contributed by atoms with van der Waals surface area (Å²) >= 11 is 1.64. The predicted octanol–water partition coefficient (Wildman–Crippen LogP) is 3.07. The number of thioether (sulfide) groups is 1. The first-order valence-electron chi connectivity index (χ1n) is 4.66. The van der Waals surface area contributed by atoms with E-state index in [9.17, 15) is 5.11 Å². The van der Waals surface area contributed by atoms with Crippen LogP contribution in [0.15, 0.2) is 23.1 Å². The van der Waals surface area contributed by atoms with Crippen LogP contribution in [0, 0.1) is 5.92 Å². The van der Waals surface area contributed by atoms with E-state index >= 15 is 0 Å². The van der Waals surface area contributed by atoms with Crippen molar-refractivity contribution in [3.63, 3.8) is 0 Å². The van der Waals surface area contributed by atoms with Gasteiger partial charge >= 0.3 is 0 Å². The van der Waals surface area contributed by atoms with Crippen LogP contribution in [0.3, 0.4) is 0 Å². The van der Waals surface area contributed by atoms with Gasteiger partial charge in [-0.3, -0.25) is 0 Å². The Hall–Kier alpha value is -0.630. The third-order valence-corrected chi connectivity index (χ3v) is 3.37. The van der Waals surface area contributed by atoms with E-state index in [1.54, 1.807) is 17.8 Å². The quantitative estimate of drug-likeness (QED) is 0.746. The van der Waals surface area contributed by atoms with E-state index in [0.29, 0.717) is 5.75 Å². The average Bonchev–Trinajstić information content (AvgIpc) is 2.89. The van der Waals surface area contributed by atoms with Crippen molar-refractivity contribution >= 4 is 11.8 Å². The molecule has 13 heavy (non-hydrogen) atoms. The largest absolute Gasteiger partial charge is 0.507 e. The summed E-state index contributed by atoms with van der Waals surface area (Å²) in [5.74, 6) is 1.32. The van der Waals surface area contributed by atoms with Gasteiger partial charge in [0.2, 0.25) is 0 Å². The number of aromatic hydroxyl groups is 1. The summed E-state index contributed by atoms with van der Waals surface area (Å²) in [5, 5.41) is 9.60. The maximum absolute atomic E-state index is 9.60. The maximum atomic E-state index is 9.60. The van der Waals surface area contributed by atoms with Crippen LogP contribution in [-0.2, 0) is 6.42 Å². The molecule has 1 aliphatic rings.